The predicted octanol–water partition coefficient (Wildman–Crippen LogP) is 3.84. The van der Waals surface area contributed by atoms with E-state index in [0.29, 0.717) is 32.5 Å². The minimum atomic E-state index is -3.39. The number of hydrogen-bond donors (Lipinski definition) is 1. The van der Waals surface area contributed by atoms with E-state index in [0.717, 1.165) is 30.8 Å². The summed E-state index contributed by atoms with van der Waals surface area (Å²) in [6.45, 7) is 6.48. The van der Waals surface area contributed by atoms with Crippen molar-refractivity contribution in [1.29, 1.82) is 0 Å². The van der Waals surface area contributed by atoms with E-state index in [1.807, 2.05) is 37.3 Å². The Bertz CT molecular complexity index is 1070. The highest BCUT2D eigenvalue weighted by molar-refractivity contribution is 7.88. The van der Waals surface area contributed by atoms with E-state index in [4.69, 9.17) is 0 Å². The normalized spacial score (nSPS) is 18.6. The highest BCUT2D eigenvalue weighted by Gasteiger charge is 2.31. The number of amides is 1. The van der Waals surface area contributed by atoms with Crippen molar-refractivity contribution in [2.75, 3.05) is 26.2 Å². The lowest BCUT2D eigenvalue weighted by atomic mass is 9.97. The number of sulfonamides is 1. The predicted molar refractivity (Wildman–Crippen MR) is 136 cm³/mol. The van der Waals surface area contributed by atoms with Crippen LogP contribution in [-0.4, -0.2) is 49.7 Å². The van der Waals surface area contributed by atoms with Crippen LogP contribution in [0.15, 0.2) is 48.5 Å². The largest absolute Gasteiger partial charge is 0.352 e. The number of benzene rings is 2. The minimum absolute atomic E-state index is 0.0182. The van der Waals surface area contributed by atoms with E-state index in [2.05, 4.69) is 28.4 Å². The maximum atomic E-state index is 12.9. The average Bonchev–Trinajstić information content (AvgIpc) is 2.85. The zero-order valence-electron chi connectivity index (χ0n) is 20.2. The van der Waals surface area contributed by atoms with E-state index < -0.39 is 10.0 Å². The topological polar surface area (TPSA) is 69.7 Å². The molecule has 184 valence electrons. The lowest BCUT2D eigenvalue weighted by molar-refractivity contribution is -0.126. The zero-order chi connectivity index (χ0) is 24.0. The number of carbonyl (C=O) groups is 1. The third-order valence-electron chi connectivity index (χ3n) is 7.23. The van der Waals surface area contributed by atoms with E-state index >= 15 is 0 Å². The lowest BCUT2D eigenvalue weighted by Crippen LogP contribution is -2.43. The molecule has 4 rings (SSSR count). The first-order chi connectivity index (χ1) is 16.4. The van der Waals surface area contributed by atoms with Gasteiger partial charge in [0.1, 0.15) is 0 Å². The lowest BCUT2D eigenvalue weighted by Gasteiger charge is -2.31. The van der Waals surface area contributed by atoms with Crippen molar-refractivity contribution in [2.24, 2.45) is 5.92 Å². The molecule has 0 spiro atoms. The number of likely N-dealkylation sites (tertiary alicyclic amines) is 1. The van der Waals surface area contributed by atoms with Gasteiger partial charge >= 0.3 is 0 Å². The van der Waals surface area contributed by atoms with Gasteiger partial charge in [-0.3, -0.25) is 9.69 Å². The average molecular weight is 484 g/mol. The highest BCUT2D eigenvalue weighted by Crippen LogP contribution is 2.23. The van der Waals surface area contributed by atoms with Crippen molar-refractivity contribution in [1.82, 2.24) is 14.5 Å². The Morgan fingerprint density at radius 3 is 2.18 bits per heavy atom. The van der Waals surface area contributed by atoms with Crippen molar-refractivity contribution >= 4 is 15.9 Å². The molecule has 7 heteroatoms. The highest BCUT2D eigenvalue weighted by atomic mass is 32.2. The van der Waals surface area contributed by atoms with Gasteiger partial charge in [0.2, 0.25) is 15.9 Å². The SMILES string of the molecule is Cc1ccccc1CS(=O)(=O)N1CCC(C(=O)NCc2ccccc2CN2CCCCC2)CC1. The molecule has 6 nitrogen and oxygen atoms in total. The summed E-state index contributed by atoms with van der Waals surface area (Å²) in [5, 5.41) is 3.12. The molecule has 0 atom stereocenters. The molecule has 2 aromatic rings. The molecule has 0 radical (unpaired) electrons. The van der Waals surface area contributed by atoms with Crippen LogP contribution in [0.4, 0.5) is 0 Å². The molecule has 0 unspecified atom stereocenters. The summed E-state index contributed by atoms with van der Waals surface area (Å²) in [5.74, 6) is -0.0902. The molecular weight excluding hydrogens is 446 g/mol. The molecule has 1 N–H and O–H groups in total. The van der Waals surface area contributed by atoms with Gasteiger partial charge in [0, 0.05) is 32.1 Å². The number of aryl methyl sites for hydroxylation is 1. The summed E-state index contributed by atoms with van der Waals surface area (Å²) in [7, 11) is -3.39. The molecular formula is C27H37N3O3S. The minimum Gasteiger partial charge on any atom is -0.352 e. The smallest absolute Gasteiger partial charge is 0.223 e. The Morgan fingerprint density at radius 1 is 0.882 bits per heavy atom. The second kappa shape index (κ2) is 11.5. The fourth-order valence-electron chi connectivity index (χ4n) is 5.03. The molecule has 2 fully saturated rings. The Labute approximate surface area is 204 Å². The summed E-state index contributed by atoms with van der Waals surface area (Å²) in [5.41, 5.74) is 4.27. The molecule has 0 bridgehead atoms. The zero-order valence-corrected chi connectivity index (χ0v) is 21.0. The van der Waals surface area contributed by atoms with Gasteiger partial charge in [-0.1, -0.05) is 55.0 Å². The maximum Gasteiger partial charge on any atom is 0.223 e. The fraction of sp³-hybridized carbons (Fsp3) is 0.519. The Balaban J connectivity index is 1.28. The Hall–Kier alpha value is -2.22. The Kier molecular flexibility index (Phi) is 8.40. The van der Waals surface area contributed by atoms with Crippen LogP contribution < -0.4 is 5.32 Å². The standard InChI is InChI=1S/C27H37N3O3S/c1-22-9-3-4-12-26(22)21-34(32,33)30-17-13-23(14-18-30)27(31)28-19-24-10-5-6-11-25(24)20-29-15-7-2-8-16-29/h3-6,9-12,23H,2,7-8,13-21H2,1H3,(H,28,31). The number of piperidine rings is 2. The van der Waals surface area contributed by atoms with E-state index in [1.165, 1.54) is 30.4 Å². The van der Waals surface area contributed by atoms with Crippen molar-refractivity contribution in [3.8, 4) is 0 Å². The summed E-state index contributed by atoms with van der Waals surface area (Å²) in [6, 6.07) is 16.0. The molecule has 2 heterocycles. The summed E-state index contributed by atoms with van der Waals surface area (Å²) in [4.78, 5) is 15.4. The van der Waals surface area contributed by atoms with Crippen LogP contribution in [0.1, 0.15) is 54.4 Å². The third-order valence-corrected chi connectivity index (χ3v) is 9.06. The van der Waals surface area contributed by atoms with Crippen molar-refractivity contribution < 1.29 is 13.2 Å². The van der Waals surface area contributed by atoms with Crippen LogP contribution in [0.5, 0.6) is 0 Å². The molecule has 0 aliphatic carbocycles. The van der Waals surface area contributed by atoms with Gasteiger partial charge < -0.3 is 5.32 Å². The van der Waals surface area contributed by atoms with Gasteiger partial charge in [0.15, 0.2) is 0 Å². The number of nitrogens with one attached hydrogen (secondary N) is 1. The van der Waals surface area contributed by atoms with Crippen LogP contribution >= 0.6 is 0 Å². The van der Waals surface area contributed by atoms with Gasteiger partial charge in [0.25, 0.3) is 0 Å². The number of nitrogens with zero attached hydrogens (tertiary/aromatic N) is 2. The van der Waals surface area contributed by atoms with Gasteiger partial charge in [-0.05, 0) is 68.0 Å². The third kappa shape index (κ3) is 6.46. The number of rotatable bonds is 8. The van der Waals surface area contributed by atoms with Gasteiger partial charge in [-0.2, -0.15) is 0 Å². The second-order valence-corrected chi connectivity index (χ2v) is 11.6. The quantitative estimate of drug-likeness (QED) is 0.619. The summed E-state index contributed by atoms with van der Waals surface area (Å²) >= 11 is 0. The van der Waals surface area contributed by atoms with E-state index in [-0.39, 0.29) is 17.6 Å². The first-order valence-corrected chi connectivity index (χ1v) is 14.1. The van der Waals surface area contributed by atoms with Gasteiger partial charge in [0.05, 0.1) is 5.75 Å². The van der Waals surface area contributed by atoms with Crippen LogP contribution in [0.3, 0.4) is 0 Å². The van der Waals surface area contributed by atoms with Crippen molar-refractivity contribution in [3.05, 3.63) is 70.8 Å². The fourth-order valence-corrected chi connectivity index (χ4v) is 6.69. The molecule has 2 aliphatic heterocycles. The first-order valence-electron chi connectivity index (χ1n) is 12.5. The Morgan fingerprint density at radius 2 is 1.50 bits per heavy atom. The number of carbonyl (C=O) groups excluding carboxylic acids is 1. The van der Waals surface area contributed by atoms with Gasteiger partial charge in [-0.25, -0.2) is 12.7 Å². The summed E-state index contributed by atoms with van der Waals surface area (Å²) in [6.07, 6.45) is 4.97. The molecule has 34 heavy (non-hydrogen) atoms. The van der Waals surface area contributed by atoms with Crippen LogP contribution in [0, 0.1) is 12.8 Å². The van der Waals surface area contributed by atoms with Gasteiger partial charge in [-0.15, -0.1) is 0 Å². The monoisotopic (exact) mass is 483 g/mol. The van der Waals surface area contributed by atoms with Crippen molar-refractivity contribution in [2.45, 2.75) is 57.9 Å². The first kappa shape index (κ1) is 24.9. The second-order valence-electron chi connectivity index (χ2n) is 9.68. The molecule has 2 saturated heterocycles. The van der Waals surface area contributed by atoms with E-state index in [9.17, 15) is 13.2 Å². The van der Waals surface area contributed by atoms with Crippen LogP contribution in [0.2, 0.25) is 0 Å². The maximum absolute atomic E-state index is 12.9. The number of hydrogen-bond acceptors (Lipinski definition) is 4. The molecule has 0 aromatic heterocycles. The molecule has 2 aromatic carbocycles. The van der Waals surface area contributed by atoms with E-state index in [1.54, 1.807) is 4.31 Å². The molecule has 2 aliphatic rings. The van der Waals surface area contributed by atoms with Crippen LogP contribution in [0.25, 0.3) is 0 Å². The molecule has 1 amide bonds. The van der Waals surface area contributed by atoms with Crippen LogP contribution in [-0.2, 0) is 33.7 Å². The molecule has 0 saturated carbocycles. The summed E-state index contributed by atoms with van der Waals surface area (Å²) < 4.78 is 27.4. The van der Waals surface area contributed by atoms with Crippen molar-refractivity contribution in [3.63, 3.8) is 0 Å².